The van der Waals surface area contributed by atoms with Gasteiger partial charge in [-0.3, -0.25) is 0 Å². The normalized spacial score (nSPS) is 27.2. The highest BCUT2D eigenvalue weighted by molar-refractivity contribution is 5.51. The van der Waals surface area contributed by atoms with Crippen LogP contribution >= 0.6 is 0 Å². The van der Waals surface area contributed by atoms with Gasteiger partial charge >= 0.3 is 0 Å². The lowest BCUT2D eigenvalue weighted by Crippen LogP contribution is -2.30. The van der Waals surface area contributed by atoms with Crippen LogP contribution in [0.1, 0.15) is 44.2 Å². The van der Waals surface area contributed by atoms with Crippen LogP contribution in [0, 0.1) is 34.3 Å². The van der Waals surface area contributed by atoms with Crippen LogP contribution in [-0.2, 0) is 0 Å². The van der Waals surface area contributed by atoms with E-state index in [1.54, 1.807) is 18.3 Å². The molecule has 1 aromatic heterocycles. The van der Waals surface area contributed by atoms with Crippen molar-refractivity contribution in [1.82, 2.24) is 0 Å². The van der Waals surface area contributed by atoms with E-state index in [1.807, 2.05) is 6.07 Å². The average Bonchev–Trinajstić information content (AvgIpc) is 3.04. The molecule has 2 fully saturated rings. The number of benzene rings is 1. The summed E-state index contributed by atoms with van der Waals surface area (Å²) in [5, 5.41) is 11.8. The Hall–Kier alpha value is -1.83. The van der Waals surface area contributed by atoms with Gasteiger partial charge in [-0.2, -0.15) is 4.73 Å². The number of aromatic nitrogens is 1. The second kappa shape index (κ2) is 5.36. The van der Waals surface area contributed by atoms with E-state index in [0.29, 0.717) is 11.8 Å². The SMILES string of the molecule is CC1(C)[C](c2ccccc2)C2CCCC2[C]1c1ccc[n+]([O-])c1. The number of hydrogen-bond acceptors (Lipinski definition) is 1. The third kappa shape index (κ3) is 2.27. The summed E-state index contributed by atoms with van der Waals surface area (Å²) in [6.07, 6.45) is 7.12. The lowest BCUT2D eigenvalue weighted by molar-refractivity contribution is -0.605. The zero-order chi connectivity index (χ0) is 16.0. The molecule has 4 rings (SSSR count). The van der Waals surface area contributed by atoms with E-state index in [2.05, 4.69) is 50.2 Å². The van der Waals surface area contributed by atoms with Crippen molar-refractivity contribution in [3.8, 4) is 0 Å². The Kier molecular flexibility index (Phi) is 3.44. The maximum Gasteiger partial charge on any atom is 0.184 e. The van der Waals surface area contributed by atoms with Crippen LogP contribution < -0.4 is 4.73 Å². The number of nitrogens with zero attached hydrogens (tertiary/aromatic N) is 1. The fraction of sp³-hybridized carbons (Fsp3) is 0.381. The van der Waals surface area contributed by atoms with Gasteiger partial charge in [0, 0.05) is 23.5 Å². The molecule has 2 unspecified atom stereocenters. The van der Waals surface area contributed by atoms with Crippen LogP contribution in [0.5, 0.6) is 0 Å². The molecule has 2 saturated carbocycles. The van der Waals surface area contributed by atoms with E-state index >= 15 is 0 Å². The van der Waals surface area contributed by atoms with Crippen molar-refractivity contribution in [3.05, 3.63) is 83.0 Å². The Morgan fingerprint density at radius 1 is 0.913 bits per heavy atom. The summed E-state index contributed by atoms with van der Waals surface area (Å²) >= 11 is 0. The van der Waals surface area contributed by atoms with E-state index in [9.17, 15) is 5.21 Å². The van der Waals surface area contributed by atoms with Gasteiger partial charge in [-0.1, -0.05) is 50.6 Å². The summed E-state index contributed by atoms with van der Waals surface area (Å²) in [5.41, 5.74) is 2.50. The molecule has 0 bridgehead atoms. The monoisotopic (exact) mass is 305 g/mol. The number of fused-ring (bicyclic) bond motifs is 1. The summed E-state index contributed by atoms with van der Waals surface area (Å²) in [7, 11) is 0. The van der Waals surface area contributed by atoms with Crippen molar-refractivity contribution in [2.24, 2.45) is 17.3 Å². The predicted molar refractivity (Wildman–Crippen MR) is 91.1 cm³/mol. The molecule has 1 heterocycles. The van der Waals surface area contributed by atoms with Crippen molar-refractivity contribution in [1.29, 1.82) is 0 Å². The molecule has 2 aliphatic carbocycles. The first kappa shape index (κ1) is 14.7. The van der Waals surface area contributed by atoms with Crippen molar-refractivity contribution >= 4 is 0 Å². The van der Waals surface area contributed by atoms with Gasteiger partial charge in [0.25, 0.3) is 0 Å². The molecule has 1 aromatic carbocycles. The van der Waals surface area contributed by atoms with E-state index in [1.165, 1.54) is 30.7 Å². The van der Waals surface area contributed by atoms with Gasteiger partial charge in [-0.25, -0.2) is 0 Å². The summed E-state index contributed by atoms with van der Waals surface area (Å²) < 4.78 is 0.933. The van der Waals surface area contributed by atoms with Gasteiger partial charge in [0.1, 0.15) is 0 Å². The molecule has 0 saturated heterocycles. The predicted octanol–water partition coefficient (Wildman–Crippen LogP) is 4.32. The molecule has 0 aliphatic heterocycles. The van der Waals surface area contributed by atoms with Gasteiger partial charge in [0.05, 0.1) is 0 Å². The summed E-state index contributed by atoms with van der Waals surface area (Å²) in [4.78, 5) is 0. The highest BCUT2D eigenvalue weighted by Gasteiger charge is 2.58. The molecule has 0 amide bonds. The molecule has 23 heavy (non-hydrogen) atoms. The Morgan fingerprint density at radius 2 is 1.52 bits per heavy atom. The molecule has 0 N–H and O–H groups in total. The molecule has 2 aliphatic rings. The third-order valence-corrected chi connectivity index (χ3v) is 5.78. The minimum atomic E-state index is 0.00542. The largest absolute Gasteiger partial charge is 0.619 e. The highest BCUT2D eigenvalue weighted by Crippen LogP contribution is 2.65. The fourth-order valence-corrected chi connectivity index (χ4v) is 5.10. The lowest BCUT2D eigenvalue weighted by atomic mass is 9.68. The summed E-state index contributed by atoms with van der Waals surface area (Å²) in [6.45, 7) is 4.68. The second-order valence-electron chi connectivity index (χ2n) is 7.41. The summed E-state index contributed by atoms with van der Waals surface area (Å²) in [6, 6.07) is 14.8. The smallest absolute Gasteiger partial charge is 0.184 e. The average molecular weight is 305 g/mol. The molecule has 2 radical (unpaired) electrons. The molecule has 118 valence electrons. The van der Waals surface area contributed by atoms with Gasteiger partial charge in [0.15, 0.2) is 12.4 Å². The standard InChI is InChI=1S/C21H23NO/c1-21(2)19(15-8-4-3-5-9-15)17-11-6-12-18(17)20(21)16-10-7-13-22(23)14-16/h3-5,7-10,13-14,17-18H,6,11-12H2,1-2H3. The zero-order valence-electron chi connectivity index (χ0n) is 13.8. The van der Waals surface area contributed by atoms with Crippen molar-refractivity contribution in [2.45, 2.75) is 33.1 Å². The van der Waals surface area contributed by atoms with Gasteiger partial charge in [0.2, 0.25) is 0 Å². The van der Waals surface area contributed by atoms with Crippen LogP contribution in [0.2, 0.25) is 0 Å². The van der Waals surface area contributed by atoms with Crippen LogP contribution in [0.25, 0.3) is 0 Å². The van der Waals surface area contributed by atoms with E-state index in [4.69, 9.17) is 0 Å². The molecule has 2 atom stereocenters. The summed E-state index contributed by atoms with van der Waals surface area (Å²) in [5.74, 6) is 4.24. The van der Waals surface area contributed by atoms with E-state index in [-0.39, 0.29) is 5.41 Å². The molecule has 2 heteroatoms. The fourth-order valence-electron chi connectivity index (χ4n) is 5.10. The number of hydrogen-bond donors (Lipinski definition) is 0. The minimum absolute atomic E-state index is 0.00542. The van der Waals surface area contributed by atoms with Crippen molar-refractivity contribution in [3.63, 3.8) is 0 Å². The first-order chi connectivity index (χ1) is 11.1. The molecular formula is C21H23NO. The Balaban J connectivity index is 1.81. The third-order valence-electron chi connectivity index (χ3n) is 5.78. The number of pyridine rings is 1. The van der Waals surface area contributed by atoms with Crippen LogP contribution in [0.4, 0.5) is 0 Å². The second-order valence-corrected chi connectivity index (χ2v) is 7.41. The van der Waals surface area contributed by atoms with E-state index in [0.717, 1.165) is 10.3 Å². The van der Waals surface area contributed by atoms with Crippen molar-refractivity contribution < 1.29 is 4.73 Å². The van der Waals surface area contributed by atoms with Gasteiger partial charge < -0.3 is 5.21 Å². The van der Waals surface area contributed by atoms with Gasteiger partial charge in [-0.15, -0.1) is 0 Å². The quantitative estimate of drug-likeness (QED) is 0.599. The minimum Gasteiger partial charge on any atom is -0.619 e. The van der Waals surface area contributed by atoms with Gasteiger partial charge in [-0.05, 0) is 41.7 Å². The first-order valence-electron chi connectivity index (χ1n) is 8.58. The molecule has 2 aromatic rings. The maximum atomic E-state index is 11.8. The van der Waals surface area contributed by atoms with Crippen LogP contribution in [0.3, 0.4) is 0 Å². The maximum absolute atomic E-state index is 11.8. The molecule has 0 spiro atoms. The van der Waals surface area contributed by atoms with Crippen LogP contribution in [0.15, 0.2) is 54.9 Å². The first-order valence-corrected chi connectivity index (χ1v) is 8.58. The topological polar surface area (TPSA) is 26.9 Å². The Bertz CT molecular complexity index is 694. The number of rotatable bonds is 2. The van der Waals surface area contributed by atoms with E-state index < -0.39 is 0 Å². The highest BCUT2D eigenvalue weighted by atomic mass is 16.5. The Labute approximate surface area is 138 Å². The van der Waals surface area contributed by atoms with Crippen LogP contribution in [-0.4, -0.2) is 0 Å². The zero-order valence-corrected chi connectivity index (χ0v) is 13.8. The van der Waals surface area contributed by atoms with Crippen molar-refractivity contribution in [2.75, 3.05) is 0 Å². The lowest BCUT2D eigenvalue weighted by Gasteiger charge is -2.34. The Morgan fingerprint density at radius 3 is 2.17 bits per heavy atom. The molecular weight excluding hydrogens is 282 g/mol. The molecule has 2 nitrogen and oxygen atoms in total.